The number of carboxylic acid groups (broad SMARTS) is 1. The molecule has 23 heavy (non-hydrogen) atoms. The molecule has 1 atom stereocenters. The van der Waals surface area contributed by atoms with Crippen molar-refractivity contribution in [3.8, 4) is 0 Å². The number of hydrogen-bond donors (Lipinski definition) is 1. The van der Waals surface area contributed by atoms with Crippen LogP contribution in [0.4, 0.5) is 13.2 Å². The van der Waals surface area contributed by atoms with Crippen molar-refractivity contribution >= 4 is 32.7 Å². The molecule has 0 saturated carbocycles. The minimum atomic E-state index is -4.66. The Hall–Kier alpha value is -1.67. The molecule has 3 nitrogen and oxygen atoms in total. The summed E-state index contributed by atoms with van der Waals surface area (Å²) in [7, 11) is -1.77. The molecule has 0 aliphatic heterocycles. The molecule has 1 N–H and O–H groups in total. The van der Waals surface area contributed by atoms with Crippen molar-refractivity contribution in [3.05, 3.63) is 63.6 Å². The van der Waals surface area contributed by atoms with E-state index in [1.807, 2.05) is 0 Å². The van der Waals surface area contributed by atoms with Gasteiger partial charge in [-0.2, -0.15) is 13.2 Å². The zero-order valence-corrected chi connectivity index (χ0v) is 13.8. The summed E-state index contributed by atoms with van der Waals surface area (Å²) in [6.45, 7) is 0. The smallest absolute Gasteiger partial charge is 0.416 e. The topological polar surface area (TPSA) is 54.4 Å². The second-order valence-electron chi connectivity index (χ2n) is 4.63. The van der Waals surface area contributed by atoms with E-state index in [1.165, 1.54) is 0 Å². The highest BCUT2D eigenvalue weighted by atomic mass is 79.9. The largest absolute Gasteiger partial charge is 0.478 e. The van der Waals surface area contributed by atoms with Crippen LogP contribution in [0.3, 0.4) is 0 Å². The first-order chi connectivity index (χ1) is 10.7. The zero-order chi connectivity index (χ0) is 17.2. The van der Waals surface area contributed by atoms with Crippen LogP contribution in [0.2, 0.25) is 0 Å². The summed E-state index contributed by atoms with van der Waals surface area (Å²) in [6, 6.07) is 9.08. The Morgan fingerprint density at radius 2 is 1.74 bits per heavy atom. The quantitative estimate of drug-likeness (QED) is 0.814. The predicted octanol–water partition coefficient (Wildman–Crippen LogP) is 4.47. The molecule has 0 bridgehead atoms. The fourth-order valence-electron chi connectivity index (χ4n) is 1.88. The third kappa shape index (κ3) is 4.42. The van der Waals surface area contributed by atoms with Crippen molar-refractivity contribution in [1.82, 2.24) is 0 Å². The lowest BCUT2D eigenvalue weighted by atomic mass is 10.1. The lowest BCUT2D eigenvalue weighted by Gasteiger charge is -2.11. The van der Waals surface area contributed by atoms with Crippen LogP contribution in [-0.4, -0.2) is 15.3 Å². The first kappa shape index (κ1) is 17.7. The van der Waals surface area contributed by atoms with E-state index in [2.05, 4.69) is 15.9 Å². The van der Waals surface area contributed by atoms with Gasteiger partial charge in [0.05, 0.1) is 32.6 Å². The summed E-state index contributed by atoms with van der Waals surface area (Å²) >= 11 is 3.25. The number of rotatable bonds is 4. The Morgan fingerprint density at radius 3 is 2.26 bits per heavy atom. The Balaban J connectivity index is 2.36. The molecule has 8 heteroatoms. The van der Waals surface area contributed by atoms with Gasteiger partial charge in [-0.15, -0.1) is 0 Å². The molecule has 2 aromatic rings. The van der Waals surface area contributed by atoms with E-state index in [0.717, 1.165) is 16.6 Å². The summed E-state index contributed by atoms with van der Waals surface area (Å²) < 4.78 is 51.2. The Labute approximate surface area is 140 Å². The minimum absolute atomic E-state index is 0.0128. The molecule has 0 fully saturated rings. The van der Waals surface area contributed by atoms with Crippen molar-refractivity contribution in [2.75, 3.05) is 0 Å². The standard InChI is InChI=1S/C15H10BrF3O3S/c16-11-4-1-9(2-5-11)8-23(22)13-6-3-10(15(17,18)19)7-12(13)14(20)21/h1-7H,8H2,(H,20,21). The summed E-state index contributed by atoms with van der Waals surface area (Å²) in [5.41, 5.74) is -1.00. The van der Waals surface area contributed by atoms with Crippen molar-refractivity contribution in [3.63, 3.8) is 0 Å². The Bertz CT molecular complexity index is 758. The number of alkyl halides is 3. The van der Waals surface area contributed by atoms with Gasteiger partial charge in [0.2, 0.25) is 0 Å². The maximum Gasteiger partial charge on any atom is 0.416 e. The fourth-order valence-corrected chi connectivity index (χ4v) is 3.41. The van der Waals surface area contributed by atoms with Crippen LogP contribution < -0.4 is 0 Å². The third-order valence-corrected chi connectivity index (χ3v) is 4.96. The average molecular weight is 407 g/mol. The van der Waals surface area contributed by atoms with Crippen LogP contribution in [0.1, 0.15) is 21.5 Å². The van der Waals surface area contributed by atoms with Crippen LogP contribution in [0.25, 0.3) is 0 Å². The lowest BCUT2D eigenvalue weighted by molar-refractivity contribution is -0.137. The minimum Gasteiger partial charge on any atom is -0.478 e. The van der Waals surface area contributed by atoms with Crippen LogP contribution >= 0.6 is 15.9 Å². The van der Waals surface area contributed by atoms with E-state index in [-0.39, 0.29) is 10.6 Å². The van der Waals surface area contributed by atoms with Crippen LogP contribution in [0.5, 0.6) is 0 Å². The average Bonchev–Trinajstić information content (AvgIpc) is 2.48. The van der Waals surface area contributed by atoms with Crippen molar-refractivity contribution in [1.29, 1.82) is 0 Å². The maximum absolute atomic E-state index is 12.7. The SMILES string of the molecule is O=C(O)c1cc(C(F)(F)F)ccc1S(=O)Cc1ccc(Br)cc1. The van der Waals surface area contributed by atoms with Crippen molar-refractivity contribution in [2.24, 2.45) is 0 Å². The summed E-state index contributed by atoms with van der Waals surface area (Å²) in [4.78, 5) is 11.1. The molecule has 0 spiro atoms. The fraction of sp³-hybridized carbons (Fsp3) is 0.133. The monoisotopic (exact) mass is 406 g/mol. The van der Waals surface area contributed by atoms with Gasteiger partial charge in [0, 0.05) is 4.47 Å². The van der Waals surface area contributed by atoms with Gasteiger partial charge >= 0.3 is 12.1 Å². The summed E-state index contributed by atoms with van der Waals surface area (Å²) in [5, 5.41) is 9.10. The van der Waals surface area contributed by atoms with Gasteiger partial charge in [-0.3, -0.25) is 4.21 Å². The van der Waals surface area contributed by atoms with Crippen LogP contribution in [0.15, 0.2) is 51.8 Å². The second kappa shape index (κ2) is 6.84. The molecule has 0 saturated heterocycles. The number of benzene rings is 2. The predicted molar refractivity (Wildman–Crippen MR) is 82.7 cm³/mol. The molecule has 0 aliphatic carbocycles. The van der Waals surface area contributed by atoms with E-state index in [4.69, 9.17) is 5.11 Å². The van der Waals surface area contributed by atoms with E-state index in [9.17, 15) is 22.2 Å². The van der Waals surface area contributed by atoms with E-state index >= 15 is 0 Å². The zero-order valence-electron chi connectivity index (χ0n) is 11.4. The molecular formula is C15H10BrF3O3S. The number of hydrogen-bond acceptors (Lipinski definition) is 2. The maximum atomic E-state index is 12.7. The molecule has 122 valence electrons. The van der Waals surface area contributed by atoms with Crippen LogP contribution in [-0.2, 0) is 22.7 Å². The first-order valence-corrected chi connectivity index (χ1v) is 8.37. The van der Waals surface area contributed by atoms with Gasteiger partial charge in [0.15, 0.2) is 0 Å². The molecular weight excluding hydrogens is 397 g/mol. The Kier molecular flexibility index (Phi) is 5.26. The molecule has 2 rings (SSSR count). The van der Waals surface area contributed by atoms with Crippen molar-refractivity contribution in [2.45, 2.75) is 16.8 Å². The summed E-state index contributed by atoms with van der Waals surface area (Å²) in [6.07, 6.45) is -4.66. The normalized spacial score (nSPS) is 12.9. The van der Waals surface area contributed by atoms with Crippen molar-refractivity contribution < 1.29 is 27.3 Å². The first-order valence-electron chi connectivity index (χ1n) is 6.26. The van der Waals surface area contributed by atoms with Gasteiger partial charge < -0.3 is 5.11 Å². The highest BCUT2D eigenvalue weighted by Crippen LogP contribution is 2.31. The van der Waals surface area contributed by atoms with Gasteiger partial charge in [0.1, 0.15) is 0 Å². The molecule has 0 aliphatic rings. The third-order valence-electron chi connectivity index (χ3n) is 2.99. The molecule has 2 aromatic carbocycles. The van der Waals surface area contributed by atoms with E-state index in [1.54, 1.807) is 24.3 Å². The molecule has 1 unspecified atom stereocenters. The second-order valence-corrected chi connectivity index (χ2v) is 6.97. The highest BCUT2D eigenvalue weighted by molar-refractivity contribution is 9.10. The molecule has 0 heterocycles. The van der Waals surface area contributed by atoms with Crippen LogP contribution in [0, 0.1) is 0 Å². The van der Waals surface area contributed by atoms with Gasteiger partial charge in [0.25, 0.3) is 0 Å². The van der Waals surface area contributed by atoms with Gasteiger partial charge in [-0.25, -0.2) is 4.79 Å². The lowest BCUT2D eigenvalue weighted by Crippen LogP contribution is -2.11. The van der Waals surface area contributed by atoms with Gasteiger partial charge in [-0.1, -0.05) is 28.1 Å². The van der Waals surface area contributed by atoms with E-state index < -0.39 is 34.1 Å². The molecule has 0 aromatic heterocycles. The number of halogens is 4. The molecule has 0 radical (unpaired) electrons. The highest BCUT2D eigenvalue weighted by Gasteiger charge is 2.32. The van der Waals surface area contributed by atoms with Gasteiger partial charge in [-0.05, 0) is 35.9 Å². The Morgan fingerprint density at radius 1 is 1.13 bits per heavy atom. The number of carboxylic acids is 1. The number of aromatic carboxylic acids is 1. The molecule has 0 amide bonds. The summed E-state index contributed by atoms with van der Waals surface area (Å²) in [5.74, 6) is -1.53. The van der Waals surface area contributed by atoms with E-state index in [0.29, 0.717) is 11.6 Å². The number of carbonyl (C=O) groups is 1.